The molecule has 1 aromatic rings. The Balaban J connectivity index is 0.000000371. The highest BCUT2D eigenvalue weighted by molar-refractivity contribution is 7.09. The van der Waals surface area contributed by atoms with Gasteiger partial charge in [-0.3, -0.25) is 4.66 Å². The van der Waals surface area contributed by atoms with E-state index in [0.717, 1.165) is 15.4 Å². The van der Waals surface area contributed by atoms with Crippen molar-refractivity contribution in [3.63, 3.8) is 0 Å². The highest BCUT2D eigenvalue weighted by atomic mass is 35.5. The number of rotatable bonds is 0. The Morgan fingerprint density at radius 1 is 1.60 bits per heavy atom. The lowest BCUT2D eigenvalue weighted by atomic mass is 10.6. The van der Waals surface area contributed by atoms with Crippen molar-refractivity contribution < 1.29 is 9.39 Å². The van der Waals surface area contributed by atoms with E-state index in [0.29, 0.717) is 0 Å². The van der Waals surface area contributed by atoms with E-state index in [2.05, 4.69) is 11.9 Å². The first-order chi connectivity index (χ1) is 4.72. The summed E-state index contributed by atoms with van der Waals surface area (Å²) in [6, 6.07) is 0. The first-order valence-corrected chi connectivity index (χ1v) is 3.75. The standard InChI is InChI=1S/C5H7NOS.ClHO/c1-4-3-8-5(2)6(4)7;1-2/h3H,1-2H3;2H. The Kier molecular flexibility index (Phi) is 4.34. The quantitative estimate of drug-likeness (QED) is 0.482. The van der Waals surface area contributed by atoms with Crippen LogP contribution in [0.2, 0.25) is 0 Å². The molecule has 3 nitrogen and oxygen atoms in total. The molecule has 0 fully saturated rings. The fourth-order valence-electron chi connectivity index (χ4n) is 0.515. The van der Waals surface area contributed by atoms with Crippen LogP contribution in [0.5, 0.6) is 0 Å². The maximum atomic E-state index is 10.7. The predicted octanol–water partition coefficient (Wildman–Crippen LogP) is 1.13. The lowest BCUT2D eigenvalue weighted by Crippen LogP contribution is -2.29. The van der Waals surface area contributed by atoms with E-state index in [1.807, 2.05) is 12.3 Å². The molecule has 1 N–H and O–H groups in total. The van der Waals surface area contributed by atoms with Gasteiger partial charge in [0.25, 0.3) is 0 Å². The molecule has 0 unspecified atom stereocenters. The molecule has 1 heterocycles. The summed E-state index contributed by atoms with van der Waals surface area (Å²) in [6.07, 6.45) is 0. The summed E-state index contributed by atoms with van der Waals surface area (Å²) in [5.74, 6) is 0. The van der Waals surface area contributed by atoms with E-state index in [-0.39, 0.29) is 0 Å². The zero-order valence-corrected chi connectivity index (χ0v) is 7.24. The minimum Gasteiger partial charge on any atom is -0.618 e. The number of hydrogen-bond donors (Lipinski definition) is 1. The molecule has 0 aliphatic carbocycles. The topological polar surface area (TPSA) is 47.2 Å². The summed E-state index contributed by atoms with van der Waals surface area (Å²) in [5.41, 5.74) is 0.785. The summed E-state index contributed by atoms with van der Waals surface area (Å²) in [7, 11) is 0. The summed E-state index contributed by atoms with van der Waals surface area (Å²) < 4.78 is 7.41. The van der Waals surface area contributed by atoms with Crippen LogP contribution in [0, 0.1) is 19.1 Å². The van der Waals surface area contributed by atoms with Crippen LogP contribution in [-0.4, -0.2) is 4.66 Å². The first-order valence-electron chi connectivity index (χ1n) is 2.53. The molecule has 0 saturated carbocycles. The Labute approximate surface area is 68.3 Å². The molecule has 1 aromatic heterocycles. The molecule has 0 aromatic carbocycles. The van der Waals surface area contributed by atoms with E-state index < -0.39 is 0 Å². The normalized spacial score (nSPS) is 8.40. The summed E-state index contributed by atoms with van der Waals surface area (Å²) >= 11 is 5.12. The number of nitrogens with zero attached hydrogens (tertiary/aromatic N) is 1. The zero-order valence-electron chi connectivity index (χ0n) is 5.67. The van der Waals surface area contributed by atoms with Gasteiger partial charge in [-0.25, -0.2) is 0 Å². The summed E-state index contributed by atoms with van der Waals surface area (Å²) in [4.78, 5) is 0. The first kappa shape index (κ1) is 9.68. The molecule has 0 radical (unpaired) electrons. The van der Waals surface area contributed by atoms with Gasteiger partial charge >= 0.3 is 0 Å². The molecule has 1 rings (SSSR count). The third-order valence-electron chi connectivity index (χ3n) is 1.01. The van der Waals surface area contributed by atoms with Crippen LogP contribution in [0.4, 0.5) is 0 Å². The van der Waals surface area contributed by atoms with Crippen molar-refractivity contribution in [1.29, 1.82) is 0 Å². The third-order valence-corrected chi connectivity index (χ3v) is 1.97. The summed E-state index contributed by atoms with van der Waals surface area (Å²) in [5, 5.41) is 13.4. The van der Waals surface area contributed by atoms with Gasteiger partial charge in [-0.05, 0) is 0 Å². The predicted molar refractivity (Wildman–Crippen MR) is 40.8 cm³/mol. The van der Waals surface area contributed by atoms with Crippen LogP contribution in [0.25, 0.3) is 0 Å². The van der Waals surface area contributed by atoms with Gasteiger partial charge < -0.3 is 5.21 Å². The number of aromatic nitrogens is 1. The number of hydrogen-bond acceptors (Lipinski definition) is 3. The third kappa shape index (κ3) is 2.13. The van der Waals surface area contributed by atoms with Crippen LogP contribution in [0.15, 0.2) is 5.38 Å². The van der Waals surface area contributed by atoms with E-state index in [4.69, 9.17) is 4.66 Å². The highest BCUT2D eigenvalue weighted by Gasteiger charge is 2.02. The Morgan fingerprint density at radius 3 is 2.20 bits per heavy atom. The monoisotopic (exact) mass is 181 g/mol. The summed E-state index contributed by atoms with van der Waals surface area (Å²) in [6.45, 7) is 3.61. The van der Waals surface area contributed by atoms with Crippen LogP contribution in [0.1, 0.15) is 10.7 Å². The van der Waals surface area contributed by atoms with Gasteiger partial charge in [-0.1, -0.05) is 11.3 Å². The second-order valence-corrected chi connectivity index (χ2v) is 2.75. The lowest BCUT2D eigenvalue weighted by Gasteiger charge is -1.91. The van der Waals surface area contributed by atoms with E-state index in [1.54, 1.807) is 6.92 Å². The average Bonchev–Trinajstić information content (AvgIpc) is 2.25. The van der Waals surface area contributed by atoms with Gasteiger partial charge in [-0.2, -0.15) is 4.73 Å². The van der Waals surface area contributed by atoms with Crippen LogP contribution >= 0.6 is 23.2 Å². The second-order valence-electron chi connectivity index (χ2n) is 1.69. The largest absolute Gasteiger partial charge is 0.618 e. The molecule has 0 aliphatic rings. The minimum absolute atomic E-state index is 0.785. The molecule has 10 heavy (non-hydrogen) atoms. The van der Waals surface area contributed by atoms with Gasteiger partial charge in [-0.15, -0.1) is 0 Å². The van der Waals surface area contributed by atoms with E-state index >= 15 is 0 Å². The van der Waals surface area contributed by atoms with Gasteiger partial charge in [0.1, 0.15) is 0 Å². The molecule has 58 valence electrons. The van der Waals surface area contributed by atoms with Gasteiger partial charge in [0.05, 0.1) is 17.2 Å². The zero-order chi connectivity index (χ0) is 8.15. The van der Waals surface area contributed by atoms with Crippen molar-refractivity contribution in [2.45, 2.75) is 13.8 Å². The number of aryl methyl sites for hydroxylation is 2. The van der Waals surface area contributed by atoms with Crippen molar-refractivity contribution in [2.24, 2.45) is 0 Å². The van der Waals surface area contributed by atoms with Gasteiger partial charge in [0, 0.05) is 13.8 Å². The fraction of sp³-hybridized carbons (Fsp3) is 0.400. The fourth-order valence-corrected chi connectivity index (χ4v) is 1.19. The Bertz CT molecular complexity index is 182. The molecule has 0 saturated heterocycles. The highest BCUT2D eigenvalue weighted by Crippen LogP contribution is 2.02. The average molecular weight is 182 g/mol. The molecule has 0 spiro atoms. The number of halogens is 1. The van der Waals surface area contributed by atoms with Crippen molar-refractivity contribution in [1.82, 2.24) is 0 Å². The van der Waals surface area contributed by atoms with Gasteiger partial charge in [0.15, 0.2) is 0 Å². The van der Waals surface area contributed by atoms with Crippen LogP contribution < -0.4 is 4.73 Å². The maximum Gasteiger partial charge on any atom is 0.245 e. The van der Waals surface area contributed by atoms with Gasteiger partial charge in [0.2, 0.25) is 10.7 Å². The molecule has 5 heteroatoms. The smallest absolute Gasteiger partial charge is 0.245 e. The Hall–Kier alpha value is -0.320. The van der Waals surface area contributed by atoms with Crippen LogP contribution in [-0.2, 0) is 0 Å². The van der Waals surface area contributed by atoms with Crippen molar-refractivity contribution in [3.8, 4) is 0 Å². The molecule has 0 bridgehead atoms. The molecule has 0 atom stereocenters. The van der Waals surface area contributed by atoms with Crippen molar-refractivity contribution >= 4 is 23.2 Å². The molecule has 0 aliphatic heterocycles. The lowest BCUT2D eigenvalue weighted by molar-refractivity contribution is -0.613. The SMILES string of the molecule is Cc1csc(C)[n+]1[O-].OCl. The Morgan fingerprint density at radius 2 is 2.10 bits per heavy atom. The van der Waals surface area contributed by atoms with E-state index in [9.17, 15) is 5.21 Å². The maximum absolute atomic E-state index is 10.7. The molecular formula is C5H8ClNO2S. The minimum atomic E-state index is 0.785. The van der Waals surface area contributed by atoms with Crippen molar-refractivity contribution in [2.75, 3.05) is 0 Å². The second kappa shape index (κ2) is 4.49. The van der Waals surface area contributed by atoms with Crippen molar-refractivity contribution in [3.05, 3.63) is 21.3 Å². The molecule has 0 amide bonds. The van der Waals surface area contributed by atoms with Crippen LogP contribution in [0.3, 0.4) is 0 Å². The van der Waals surface area contributed by atoms with E-state index in [1.165, 1.54) is 11.3 Å². The molecular weight excluding hydrogens is 174 g/mol. The number of thiazole rings is 1.